The summed E-state index contributed by atoms with van der Waals surface area (Å²) in [4.78, 5) is 0.102. The summed E-state index contributed by atoms with van der Waals surface area (Å²) < 4.78 is 45.8. The first-order valence-electron chi connectivity index (χ1n) is 6.91. The van der Waals surface area contributed by atoms with E-state index in [1.807, 2.05) is 0 Å². The van der Waals surface area contributed by atoms with E-state index in [1.165, 1.54) is 23.5 Å². The van der Waals surface area contributed by atoms with Crippen molar-refractivity contribution in [1.82, 2.24) is 4.31 Å². The molecule has 21 heavy (non-hydrogen) atoms. The molecule has 2 rings (SSSR count). The molecule has 0 saturated heterocycles. The first-order valence-corrected chi connectivity index (χ1v) is 8.35. The van der Waals surface area contributed by atoms with Crippen molar-refractivity contribution in [3.8, 4) is 0 Å². The van der Waals surface area contributed by atoms with Crippen LogP contribution < -0.4 is 5.73 Å². The number of ether oxygens (including phenoxy) is 1. The molecule has 0 unspecified atom stereocenters. The van der Waals surface area contributed by atoms with E-state index >= 15 is 0 Å². The van der Waals surface area contributed by atoms with Gasteiger partial charge in [-0.25, -0.2) is 12.8 Å². The monoisotopic (exact) mass is 316 g/mol. The Labute approximate surface area is 124 Å². The van der Waals surface area contributed by atoms with Crippen LogP contribution in [0.1, 0.15) is 24.0 Å². The Hall–Kier alpha value is -1.02. The summed E-state index contributed by atoms with van der Waals surface area (Å²) in [6, 6.07) is 2.73. The molecule has 2 N–H and O–H groups in total. The van der Waals surface area contributed by atoms with Gasteiger partial charge in [0.1, 0.15) is 5.82 Å². The minimum Gasteiger partial charge on any atom is -0.383 e. The van der Waals surface area contributed by atoms with Gasteiger partial charge in [-0.3, -0.25) is 0 Å². The Morgan fingerprint density at radius 2 is 2.10 bits per heavy atom. The summed E-state index contributed by atoms with van der Waals surface area (Å²) in [5.41, 5.74) is 6.00. The van der Waals surface area contributed by atoms with E-state index < -0.39 is 15.8 Å². The van der Waals surface area contributed by atoms with Crippen LogP contribution in [-0.4, -0.2) is 39.0 Å². The van der Waals surface area contributed by atoms with Gasteiger partial charge in [0.25, 0.3) is 0 Å². The van der Waals surface area contributed by atoms with Gasteiger partial charge in [0.2, 0.25) is 10.0 Å². The van der Waals surface area contributed by atoms with Gasteiger partial charge in [-0.15, -0.1) is 0 Å². The van der Waals surface area contributed by atoms with Gasteiger partial charge in [0.15, 0.2) is 0 Å². The van der Waals surface area contributed by atoms with Crippen LogP contribution in [-0.2, 0) is 21.3 Å². The number of aryl methyl sites for hydroxylation is 1. The third kappa shape index (κ3) is 3.42. The fourth-order valence-corrected chi connectivity index (χ4v) is 4.09. The van der Waals surface area contributed by atoms with Crippen LogP contribution in [0.25, 0.3) is 0 Å². The van der Waals surface area contributed by atoms with Crippen LogP contribution in [0.5, 0.6) is 0 Å². The fraction of sp³-hybridized carbons (Fsp3) is 0.571. The van der Waals surface area contributed by atoms with Gasteiger partial charge in [-0.05, 0) is 37.5 Å². The van der Waals surface area contributed by atoms with Gasteiger partial charge < -0.3 is 10.5 Å². The lowest BCUT2D eigenvalue weighted by Crippen LogP contribution is -2.36. The maximum atomic E-state index is 13.8. The summed E-state index contributed by atoms with van der Waals surface area (Å²) in [6.45, 7) is 2.15. The third-order valence-corrected chi connectivity index (χ3v) is 5.53. The van der Waals surface area contributed by atoms with Crippen LogP contribution >= 0.6 is 0 Å². The summed E-state index contributed by atoms with van der Waals surface area (Å²) in [6.07, 6.45) is 1.71. The highest BCUT2D eigenvalue weighted by molar-refractivity contribution is 7.89. The highest BCUT2D eigenvalue weighted by Crippen LogP contribution is 2.32. The zero-order valence-electron chi connectivity index (χ0n) is 12.3. The molecule has 5 nitrogen and oxygen atoms in total. The number of nitrogens with zero attached hydrogens (tertiary/aromatic N) is 1. The maximum Gasteiger partial charge on any atom is 0.243 e. The van der Waals surface area contributed by atoms with Crippen molar-refractivity contribution >= 4 is 10.0 Å². The van der Waals surface area contributed by atoms with Crippen molar-refractivity contribution in [2.45, 2.75) is 37.2 Å². The Morgan fingerprint density at radius 3 is 2.62 bits per heavy atom. The van der Waals surface area contributed by atoms with E-state index in [2.05, 4.69) is 0 Å². The average molecular weight is 316 g/mol. The SMILES string of the molecule is COCCN(C1CC1)S(=O)(=O)c1cc(C)c(F)c(CN)c1. The van der Waals surface area contributed by atoms with E-state index in [0.29, 0.717) is 18.7 Å². The topological polar surface area (TPSA) is 72.6 Å². The van der Waals surface area contributed by atoms with Crippen molar-refractivity contribution in [2.24, 2.45) is 5.73 Å². The van der Waals surface area contributed by atoms with E-state index in [-0.39, 0.29) is 23.0 Å². The lowest BCUT2D eigenvalue weighted by molar-refractivity contribution is 0.177. The Balaban J connectivity index is 2.39. The van der Waals surface area contributed by atoms with E-state index in [1.54, 1.807) is 6.92 Å². The van der Waals surface area contributed by atoms with Crippen molar-refractivity contribution in [3.63, 3.8) is 0 Å². The first kappa shape index (κ1) is 16.4. The zero-order chi connectivity index (χ0) is 15.6. The molecule has 1 aromatic rings. The lowest BCUT2D eigenvalue weighted by Gasteiger charge is -2.22. The van der Waals surface area contributed by atoms with Crippen LogP contribution in [0.15, 0.2) is 17.0 Å². The highest BCUT2D eigenvalue weighted by atomic mass is 32.2. The Bertz CT molecular complexity index is 615. The number of rotatable bonds is 7. The molecule has 7 heteroatoms. The normalized spacial score (nSPS) is 15.7. The van der Waals surface area contributed by atoms with Gasteiger partial charge in [-0.2, -0.15) is 4.31 Å². The molecule has 0 atom stereocenters. The second kappa shape index (κ2) is 6.39. The summed E-state index contributed by atoms with van der Waals surface area (Å²) in [7, 11) is -2.12. The molecule has 0 aliphatic heterocycles. The standard InChI is InChI=1S/C14H21FN2O3S/c1-10-7-13(8-11(9-16)14(10)15)21(18,19)17(5-6-20-2)12-3-4-12/h7-8,12H,3-6,9,16H2,1-2H3. The maximum absolute atomic E-state index is 13.8. The molecule has 118 valence electrons. The number of hydrogen-bond acceptors (Lipinski definition) is 4. The second-order valence-corrected chi connectivity index (χ2v) is 7.15. The molecular weight excluding hydrogens is 295 g/mol. The summed E-state index contributed by atoms with van der Waals surface area (Å²) in [5, 5.41) is 0. The third-order valence-electron chi connectivity index (χ3n) is 3.60. The van der Waals surface area contributed by atoms with E-state index in [4.69, 9.17) is 10.5 Å². The molecule has 1 aliphatic rings. The summed E-state index contributed by atoms with van der Waals surface area (Å²) in [5.74, 6) is -0.439. The number of nitrogens with two attached hydrogens (primary N) is 1. The van der Waals surface area contributed by atoms with Crippen molar-refractivity contribution < 1.29 is 17.5 Å². The Morgan fingerprint density at radius 1 is 1.43 bits per heavy atom. The molecule has 0 heterocycles. The minimum absolute atomic E-state index is 0.0248. The molecular formula is C14H21FN2O3S. The Kier molecular flexibility index (Phi) is 4.98. The average Bonchev–Trinajstić information content (AvgIpc) is 3.26. The van der Waals surface area contributed by atoms with Gasteiger partial charge in [0, 0.05) is 31.8 Å². The number of hydrogen-bond donors (Lipinski definition) is 1. The largest absolute Gasteiger partial charge is 0.383 e. The number of benzene rings is 1. The first-order chi connectivity index (χ1) is 9.91. The van der Waals surface area contributed by atoms with Crippen molar-refractivity contribution in [1.29, 1.82) is 0 Å². The van der Waals surface area contributed by atoms with Gasteiger partial charge in [0.05, 0.1) is 11.5 Å². The summed E-state index contributed by atoms with van der Waals surface area (Å²) >= 11 is 0. The second-order valence-electron chi connectivity index (χ2n) is 5.26. The van der Waals surface area contributed by atoms with Gasteiger partial charge >= 0.3 is 0 Å². The van der Waals surface area contributed by atoms with E-state index in [0.717, 1.165) is 12.8 Å². The van der Waals surface area contributed by atoms with Crippen molar-refractivity contribution in [3.05, 3.63) is 29.1 Å². The number of sulfonamides is 1. The lowest BCUT2D eigenvalue weighted by atomic mass is 10.1. The van der Waals surface area contributed by atoms with Crippen LogP contribution in [0.2, 0.25) is 0 Å². The molecule has 1 aromatic carbocycles. The van der Waals surface area contributed by atoms with Crippen LogP contribution in [0.4, 0.5) is 4.39 Å². The predicted octanol–water partition coefficient (Wildman–Crippen LogP) is 1.39. The quantitative estimate of drug-likeness (QED) is 0.825. The predicted molar refractivity (Wildman–Crippen MR) is 77.8 cm³/mol. The molecule has 1 fully saturated rings. The van der Waals surface area contributed by atoms with Crippen LogP contribution in [0, 0.1) is 12.7 Å². The molecule has 0 bridgehead atoms. The smallest absolute Gasteiger partial charge is 0.243 e. The molecule has 0 amide bonds. The molecule has 1 aliphatic carbocycles. The zero-order valence-corrected chi connectivity index (χ0v) is 13.1. The molecule has 1 saturated carbocycles. The molecule has 0 radical (unpaired) electrons. The minimum atomic E-state index is -3.65. The van der Waals surface area contributed by atoms with Gasteiger partial charge in [-0.1, -0.05) is 0 Å². The van der Waals surface area contributed by atoms with Crippen LogP contribution in [0.3, 0.4) is 0 Å². The van der Waals surface area contributed by atoms with E-state index in [9.17, 15) is 12.8 Å². The fourth-order valence-electron chi connectivity index (χ4n) is 2.28. The molecule has 0 aromatic heterocycles. The molecule has 0 spiro atoms. The highest BCUT2D eigenvalue weighted by Gasteiger charge is 2.38. The van der Waals surface area contributed by atoms with Crippen molar-refractivity contribution in [2.75, 3.05) is 20.3 Å². The number of methoxy groups -OCH3 is 1. The number of halogens is 1.